The van der Waals surface area contributed by atoms with E-state index in [-0.39, 0.29) is 25.0 Å². The number of ether oxygens (including phenoxy) is 1. The van der Waals surface area contributed by atoms with E-state index in [9.17, 15) is 19.5 Å². The van der Waals surface area contributed by atoms with Crippen molar-refractivity contribution in [3.8, 4) is 11.1 Å². The van der Waals surface area contributed by atoms with Gasteiger partial charge in [-0.1, -0.05) is 55.5 Å². The third-order valence-electron chi connectivity index (χ3n) is 7.23. The Morgan fingerprint density at radius 2 is 1.50 bits per heavy atom. The second-order valence-corrected chi connectivity index (χ2v) is 9.86. The average Bonchev–Trinajstić information content (AvgIpc) is 3.11. The number of amides is 2. The quantitative estimate of drug-likeness (QED) is 0.503. The number of carbonyl (C=O) groups excluding carboxylic acids is 2. The van der Waals surface area contributed by atoms with Crippen LogP contribution in [0.1, 0.15) is 58.1 Å². The number of hydrogen-bond acceptors (Lipinski definition) is 4. The zero-order valence-electron chi connectivity index (χ0n) is 20.5. The molecule has 0 bridgehead atoms. The fourth-order valence-corrected chi connectivity index (χ4v) is 4.11. The van der Waals surface area contributed by atoms with Gasteiger partial charge in [-0.05, 0) is 56.4 Å². The van der Waals surface area contributed by atoms with Crippen LogP contribution in [0.25, 0.3) is 11.1 Å². The van der Waals surface area contributed by atoms with Crippen molar-refractivity contribution in [1.29, 1.82) is 0 Å². The summed E-state index contributed by atoms with van der Waals surface area (Å²) in [5.74, 6) is -1.85. The fraction of sp³-hybridized carbons (Fsp3) is 0.444. The molecule has 0 saturated heterocycles. The number of carboxylic acids is 1. The van der Waals surface area contributed by atoms with Gasteiger partial charge in [0.05, 0.1) is 11.3 Å². The molecule has 1 aliphatic rings. The molecule has 2 aromatic carbocycles. The first-order valence-corrected chi connectivity index (χ1v) is 11.6. The Labute approximate surface area is 200 Å². The molecule has 3 rings (SSSR count). The van der Waals surface area contributed by atoms with E-state index >= 15 is 0 Å². The number of hydrogen-bond donors (Lipinski definition) is 3. The van der Waals surface area contributed by atoms with E-state index in [0.29, 0.717) is 6.42 Å². The van der Waals surface area contributed by atoms with Crippen LogP contribution in [-0.4, -0.2) is 41.8 Å². The van der Waals surface area contributed by atoms with Gasteiger partial charge < -0.3 is 20.5 Å². The minimum atomic E-state index is -1.17. The molecule has 0 heterocycles. The fourth-order valence-electron chi connectivity index (χ4n) is 4.11. The third kappa shape index (κ3) is 4.93. The number of carboxylic acid groups (broad SMARTS) is 1. The molecule has 7 nitrogen and oxygen atoms in total. The van der Waals surface area contributed by atoms with Crippen molar-refractivity contribution >= 4 is 18.0 Å². The Kier molecular flexibility index (Phi) is 7.34. The van der Waals surface area contributed by atoms with Crippen molar-refractivity contribution in [2.75, 3.05) is 13.2 Å². The number of nitrogens with one attached hydrogen (secondary N) is 2. The van der Waals surface area contributed by atoms with Gasteiger partial charge >= 0.3 is 12.1 Å². The lowest BCUT2D eigenvalue weighted by Crippen LogP contribution is -2.58. The van der Waals surface area contributed by atoms with Gasteiger partial charge in [0.1, 0.15) is 6.61 Å². The molecule has 2 aromatic rings. The van der Waals surface area contributed by atoms with E-state index in [0.717, 1.165) is 22.3 Å². The first-order valence-electron chi connectivity index (χ1n) is 11.6. The normalized spacial score (nSPS) is 14.0. The minimum absolute atomic E-state index is 0.0394. The molecule has 0 spiro atoms. The highest BCUT2D eigenvalue weighted by Crippen LogP contribution is 2.44. The summed E-state index contributed by atoms with van der Waals surface area (Å²) in [5.41, 5.74) is 2.42. The number of benzene rings is 2. The lowest BCUT2D eigenvalue weighted by atomic mass is 9.74. The van der Waals surface area contributed by atoms with E-state index < -0.39 is 28.9 Å². The van der Waals surface area contributed by atoms with Crippen molar-refractivity contribution in [3.05, 3.63) is 59.7 Å². The number of rotatable bonds is 9. The zero-order chi connectivity index (χ0) is 25.1. The highest BCUT2D eigenvalue weighted by Gasteiger charge is 2.45. The maximum absolute atomic E-state index is 12.8. The summed E-state index contributed by atoms with van der Waals surface area (Å²) in [5, 5.41) is 15.0. The first-order chi connectivity index (χ1) is 16.0. The van der Waals surface area contributed by atoms with Gasteiger partial charge in [-0.15, -0.1) is 0 Å². The summed E-state index contributed by atoms with van der Waals surface area (Å²) in [4.78, 5) is 36.9. The molecule has 1 unspecified atom stereocenters. The number of alkyl carbamates (subject to hydrolysis) is 1. The van der Waals surface area contributed by atoms with Crippen LogP contribution < -0.4 is 10.6 Å². The molecule has 0 aliphatic heterocycles. The number of aliphatic carboxylic acids is 1. The Hall–Kier alpha value is -3.35. The van der Waals surface area contributed by atoms with E-state index in [1.807, 2.05) is 31.2 Å². The topological polar surface area (TPSA) is 105 Å². The minimum Gasteiger partial charge on any atom is -0.481 e. The van der Waals surface area contributed by atoms with Gasteiger partial charge in [-0.25, -0.2) is 4.79 Å². The van der Waals surface area contributed by atoms with Crippen LogP contribution in [0.15, 0.2) is 48.5 Å². The Bertz CT molecular complexity index is 1030. The average molecular weight is 467 g/mol. The molecule has 0 radical (unpaired) electrons. The predicted molar refractivity (Wildman–Crippen MR) is 130 cm³/mol. The highest BCUT2D eigenvalue weighted by molar-refractivity contribution is 5.83. The Morgan fingerprint density at radius 3 is 2.00 bits per heavy atom. The standard InChI is InChI=1S/C27H34N2O5/c1-6-17(23(30)29-27(4,5)26(2,3)24(31)32)15-28-25(33)34-16-22-20-13-9-7-11-18(20)19-12-8-10-14-21(19)22/h7-14,17,22H,6,15-16H2,1-5H3,(H,28,33)(H,29,30)(H,31,32). The molecular weight excluding hydrogens is 432 g/mol. The van der Waals surface area contributed by atoms with E-state index in [4.69, 9.17) is 4.74 Å². The van der Waals surface area contributed by atoms with Gasteiger partial charge in [0, 0.05) is 18.0 Å². The second-order valence-electron chi connectivity index (χ2n) is 9.86. The molecule has 2 amide bonds. The van der Waals surface area contributed by atoms with E-state index in [2.05, 4.69) is 34.9 Å². The summed E-state index contributed by atoms with van der Waals surface area (Å²) >= 11 is 0. The van der Waals surface area contributed by atoms with Crippen LogP contribution in [0.2, 0.25) is 0 Å². The maximum Gasteiger partial charge on any atom is 0.407 e. The highest BCUT2D eigenvalue weighted by atomic mass is 16.5. The first kappa shape index (κ1) is 25.3. The van der Waals surface area contributed by atoms with Crippen LogP contribution in [0.4, 0.5) is 4.79 Å². The predicted octanol–water partition coefficient (Wildman–Crippen LogP) is 4.56. The maximum atomic E-state index is 12.8. The lowest BCUT2D eigenvalue weighted by molar-refractivity contribution is -0.152. The molecule has 1 atom stereocenters. The molecule has 3 N–H and O–H groups in total. The van der Waals surface area contributed by atoms with E-state index in [1.54, 1.807) is 27.7 Å². The van der Waals surface area contributed by atoms with Crippen molar-refractivity contribution in [2.45, 2.75) is 52.5 Å². The van der Waals surface area contributed by atoms with Gasteiger partial charge in [0.25, 0.3) is 0 Å². The Morgan fingerprint density at radius 1 is 0.971 bits per heavy atom. The number of fused-ring (bicyclic) bond motifs is 3. The molecule has 7 heteroatoms. The molecule has 0 aromatic heterocycles. The van der Waals surface area contributed by atoms with Gasteiger partial charge in [-0.3, -0.25) is 9.59 Å². The Balaban J connectivity index is 1.57. The summed E-state index contributed by atoms with van der Waals surface area (Å²) in [6.07, 6.45) is -0.0998. The molecular formula is C27H34N2O5. The van der Waals surface area contributed by atoms with Gasteiger partial charge in [0.15, 0.2) is 0 Å². The molecule has 0 saturated carbocycles. The monoisotopic (exact) mass is 466 g/mol. The molecule has 34 heavy (non-hydrogen) atoms. The smallest absolute Gasteiger partial charge is 0.407 e. The summed E-state index contributed by atoms with van der Waals surface area (Å²) in [6.45, 7) is 8.66. The third-order valence-corrected chi connectivity index (χ3v) is 7.23. The molecule has 182 valence electrons. The van der Waals surface area contributed by atoms with Gasteiger partial charge in [-0.2, -0.15) is 0 Å². The summed E-state index contributed by atoms with van der Waals surface area (Å²) < 4.78 is 5.54. The van der Waals surface area contributed by atoms with Crippen molar-refractivity contribution in [1.82, 2.24) is 10.6 Å². The molecule has 1 aliphatic carbocycles. The van der Waals surface area contributed by atoms with Crippen molar-refractivity contribution in [2.24, 2.45) is 11.3 Å². The van der Waals surface area contributed by atoms with E-state index in [1.165, 1.54) is 0 Å². The van der Waals surface area contributed by atoms with Crippen LogP contribution >= 0.6 is 0 Å². The van der Waals surface area contributed by atoms with Crippen LogP contribution in [0.3, 0.4) is 0 Å². The van der Waals surface area contributed by atoms with Crippen LogP contribution in [0.5, 0.6) is 0 Å². The SMILES string of the molecule is CCC(CNC(=O)OCC1c2ccccc2-c2ccccc21)C(=O)NC(C)(C)C(C)(C)C(=O)O. The second kappa shape index (κ2) is 9.87. The van der Waals surface area contributed by atoms with Crippen LogP contribution in [0, 0.1) is 11.3 Å². The largest absolute Gasteiger partial charge is 0.481 e. The summed E-state index contributed by atoms with van der Waals surface area (Å²) in [6, 6.07) is 16.2. The van der Waals surface area contributed by atoms with Gasteiger partial charge in [0.2, 0.25) is 5.91 Å². The summed E-state index contributed by atoms with van der Waals surface area (Å²) in [7, 11) is 0. The lowest BCUT2D eigenvalue weighted by Gasteiger charge is -2.39. The van der Waals surface area contributed by atoms with Crippen LogP contribution in [-0.2, 0) is 14.3 Å². The van der Waals surface area contributed by atoms with Crippen molar-refractivity contribution < 1.29 is 24.2 Å². The number of carbonyl (C=O) groups is 3. The zero-order valence-corrected chi connectivity index (χ0v) is 20.5. The van der Waals surface area contributed by atoms with Crippen molar-refractivity contribution in [3.63, 3.8) is 0 Å². The molecule has 0 fully saturated rings.